The Labute approximate surface area is 87.6 Å². The molecule has 1 aromatic carbocycles. The van der Waals surface area contributed by atoms with Crippen LogP contribution in [-0.2, 0) is 6.54 Å². The van der Waals surface area contributed by atoms with Crippen molar-refractivity contribution in [2.75, 3.05) is 7.05 Å². The smallest absolute Gasteiger partial charge is 0.335 e. The molecule has 4 N–H and O–H groups in total. The van der Waals surface area contributed by atoms with E-state index in [4.69, 9.17) is 10.8 Å². The van der Waals surface area contributed by atoms with E-state index in [1.807, 2.05) is 0 Å². The Bertz CT molecular complexity index is 371. The predicted molar refractivity (Wildman–Crippen MR) is 57.8 cm³/mol. The normalized spacial score (nSPS) is 11.1. The second-order valence-electron chi connectivity index (χ2n) is 2.96. The van der Waals surface area contributed by atoms with Gasteiger partial charge in [0.2, 0.25) is 0 Å². The van der Waals surface area contributed by atoms with Gasteiger partial charge in [0.05, 0.1) is 5.56 Å². The fraction of sp³-hybridized carbons (Fsp3) is 0.200. The lowest BCUT2D eigenvalue weighted by Gasteiger charge is -2.04. The van der Waals surface area contributed by atoms with E-state index in [1.165, 1.54) is 0 Å². The lowest BCUT2D eigenvalue weighted by molar-refractivity contribution is 0.0697. The van der Waals surface area contributed by atoms with Crippen LogP contribution in [0.25, 0.3) is 0 Å². The first kappa shape index (κ1) is 11.0. The second kappa shape index (κ2) is 4.99. The SMILES string of the molecule is CN=C(N)NCc1ccc(C(=O)O)cc1. The minimum Gasteiger partial charge on any atom is -0.478 e. The Hall–Kier alpha value is -2.04. The van der Waals surface area contributed by atoms with E-state index in [1.54, 1.807) is 31.3 Å². The van der Waals surface area contributed by atoms with E-state index in [2.05, 4.69) is 10.3 Å². The quantitative estimate of drug-likeness (QED) is 0.495. The third-order valence-electron chi connectivity index (χ3n) is 1.92. The number of guanidine groups is 1. The zero-order chi connectivity index (χ0) is 11.3. The summed E-state index contributed by atoms with van der Waals surface area (Å²) in [7, 11) is 1.59. The van der Waals surface area contributed by atoms with Crippen molar-refractivity contribution in [3.05, 3.63) is 35.4 Å². The molecule has 0 fully saturated rings. The molecule has 0 spiro atoms. The molecular formula is C10H13N3O2. The third kappa shape index (κ3) is 3.30. The lowest BCUT2D eigenvalue weighted by Crippen LogP contribution is -2.30. The largest absolute Gasteiger partial charge is 0.478 e. The molecule has 5 heteroatoms. The Kier molecular flexibility index (Phi) is 3.68. The van der Waals surface area contributed by atoms with Crippen LogP contribution in [0.1, 0.15) is 15.9 Å². The number of aliphatic imine (C=N–C) groups is 1. The van der Waals surface area contributed by atoms with Gasteiger partial charge in [-0.25, -0.2) is 4.79 Å². The first-order valence-corrected chi connectivity index (χ1v) is 4.42. The van der Waals surface area contributed by atoms with E-state index in [0.29, 0.717) is 12.5 Å². The number of hydrogen-bond acceptors (Lipinski definition) is 2. The van der Waals surface area contributed by atoms with Crippen molar-refractivity contribution in [2.24, 2.45) is 10.7 Å². The fourth-order valence-corrected chi connectivity index (χ4v) is 1.04. The summed E-state index contributed by atoms with van der Waals surface area (Å²) in [6.07, 6.45) is 0. The molecule has 0 saturated heterocycles. The molecule has 0 aliphatic rings. The summed E-state index contributed by atoms with van der Waals surface area (Å²) in [6, 6.07) is 6.58. The maximum Gasteiger partial charge on any atom is 0.335 e. The number of rotatable bonds is 3. The maximum absolute atomic E-state index is 10.6. The molecule has 0 atom stereocenters. The molecule has 0 radical (unpaired) electrons. The van der Waals surface area contributed by atoms with Crippen molar-refractivity contribution < 1.29 is 9.90 Å². The third-order valence-corrected chi connectivity index (χ3v) is 1.92. The van der Waals surface area contributed by atoms with Gasteiger partial charge in [-0.05, 0) is 17.7 Å². The summed E-state index contributed by atoms with van der Waals surface area (Å²) in [5.41, 5.74) is 6.67. The summed E-state index contributed by atoms with van der Waals surface area (Å²) in [4.78, 5) is 14.3. The van der Waals surface area contributed by atoms with Gasteiger partial charge >= 0.3 is 5.97 Å². The molecule has 0 aliphatic carbocycles. The van der Waals surface area contributed by atoms with Crippen molar-refractivity contribution in [3.63, 3.8) is 0 Å². The Morgan fingerprint density at radius 1 is 1.47 bits per heavy atom. The van der Waals surface area contributed by atoms with Gasteiger partial charge in [-0.2, -0.15) is 0 Å². The number of carboxylic acid groups (broad SMARTS) is 1. The van der Waals surface area contributed by atoms with Crippen molar-refractivity contribution in [3.8, 4) is 0 Å². The molecule has 0 aliphatic heterocycles. The van der Waals surface area contributed by atoms with Crippen molar-refractivity contribution in [2.45, 2.75) is 6.54 Å². The van der Waals surface area contributed by atoms with Crippen molar-refractivity contribution in [1.29, 1.82) is 0 Å². The number of aromatic carboxylic acids is 1. The van der Waals surface area contributed by atoms with Crippen LogP contribution >= 0.6 is 0 Å². The van der Waals surface area contributed by atoms with Gasteiger partial charge in [-0.1, -0.05) is 12.1 Å². The molecule has 1 aromatic rings. The highest BCUT2D eigenvalue weighted by molar-refractivity contribution is 5.87. The van der Waals surface area contributed by atoms with E-state index in [0.717, 1.165) is 5.56 Å². The van der Waals surface area contributed by atoms with Gasteiger partial charge < -0.3 is 16.2 Å². The van der Waals surface area contributed by atoms with Gasteiger partial charge in [0.1, 0.15) is 0 Å². The van der Waals surface area contributed by atoms with E-state index in [-0.39, 0.29) is 5.56 Å². The summed E-state index contributed by atoms with van der Waals surface area (Å²) in [6.45, 7) is 0.531. The number of nitrogens with two attached hydrogens (primary N) is 1. The Morgan fingerprint density at radius 3 is 2.53 bits per heavy atom. The number of nitrogens with zero attached hydrogens (tertiary/aromatic N) is 1. The minimum absolute atomic E-state index is 0.274. The monoisotopic (exact) mass is 207 g/mol. The summed E-state index contributed by atoms with van der Waals surface area (Å²) < 4.78 is 0. The summed E-state index contributed by atoms with van der Waals surface area (Å²) in [5, 5.41) is 11.6. The zero-order valence-corrected chi connectivity index (χ0v) is 8.40. The fourth-order valence-electron chi connectivity index (χ4n) is 1.04. The van der Waals surface area contributed by atoms with Crippen molar-refractivity contribution in [1.82, 2.24) is 5.32 Å². The van der Waals surface area contributed by atoms with Crippen LogP contribution in [0.5, 0.6) is 0 Å². The highest BCUT2D eigenvalue weighted by Gasteiger charge is 2.01. The van der Waals surface area contributed by atoms with Crippen LogP contribution in [0.2, 0.25) is 0 Å². The van der Waals surface area contributed by atoms with Gasteiger partial charge in [-0.15, -0.1) is 0 Å². The van der Waals surface area contributed by atoms with E-state index >= 15 is 0 Å². The van der Waals surface area contributed by atoms with Crippen LogP contribution in [0.15, 0.2) is 29.3 Å². The van der Waals surface area contributed by atoms with Crippen LogP contribution in [0, 0.1) is 0 Å². The molecule has 0 unspecified atom stereocenters. The first-order chi connectivity index (χ1) is 7.13. The molecule has 0 amide bonds. The zero-order valence-electron chi connectivity index (χ0n) is 8.40. The molecule has 0 saturated carbocycles. The first-order valence-electron chi connectivity index (χ1n) is 4.42. The van der Waals surface area contributed by atoms with Crippen LogP contribution in [-0.4, -0.2) is 24.1 Å². The molecule has 0 aromatic heterocycles. The van der Waals surface area contributed by atoms with Gasteiger partial charge in [0, 0.05) is 13.6 Å². The van der Waals surface area contributed by atoms with Crippen molar-refractivity contribution >= 4 is 11.9 Å². The second-order valence-corrected chi connectivity index (χ2v) is 2.96. The molecule has 1 rings (SSSR count). The van der Waals surface area contributed by atoms with Gasteiger partial charge in [0.25, 0.3) is 0 Å². The molecule has 15 heavy (non-hydrogen) atoms. The van der Waals surface area contributed by atoms with Gasteiger partial charge in [-0.3, -0.25) is 4.99 Å². The maximum atomic E-state index is 10.6. The van der Waals surface area contributed by atoms with E-state index in [9.17, 15) is 4.79 Å². The summed E-state index contributed by atoms with van der Waals surface area (Å²) >= 11 is 0. The Morgan fingerprint density at radius 2 is 2.07 bits per heavy atom. The minimum atomic E-state index is -0.927. The number of carbonyl (C=O) groups is 1. The van der Waals surface area contributed by atoms with Crippen LogP contribution < -0.4 is 11.1 Å². The summed E-state index contributed by atoms with van der Waals surface area (Å²) in [5.74, 6) is -0.568. The van der Waals surface area contributed by atoms with Gasteiger partial charge in [0.15, 0.2) is 5.96 Å². The topological polar surface area (TPSA) is 87.7 Å². The number of benzene rings is 1. The highest BCUT2D eigenvalue weighted by atomic mass is 16.4. The average Bonchev–Trinajstić information content (AvgIpc) is 2.26. The average molecular weight is 207 g/mol. The molecule has 80 valence electrons. The number of nitrogens with one attached hydrogen (secondary N) is 1. The van der Waals surface area contributed by atoms with Crippen LogP contribution in [0.3, 0.4) is 0 Å². The number of carboxylic acids is 1. The van der Waals surface area contributed by atoms with E-state index < -0.39 is 5.97 Å². The van der Waals surface area contributed by atoms with Crippen LogP contribution in [0.4, 0.5) is 0 Å². The number of hydrogen-bond donors (Lipinski definition) is 3. The molecule has 5 nitrogen and oxygen atoms in total. The standard InChI is InChI=1S/C10H13N3O2/c1-12-10(11)13-6-7-2-4-8(5-3-7)9(14)15/h2-5H,6H2,1H3,(H,14,15)(H3,11,12,13). The molecule has 0 bridgehead atoms. The lowest BCUT2D eigenvalue weighted by atomic mass is 10.1. The molecular weight excluding hydrogens is 194 g/mol. The highest BCUT2D eigenvalue weighted by Crippen LogP contribution is 2.03. The predicted octanol–water partition coefficient (Wildman–Crippen LogP) is 0.419. The Balaban J connectivity index is 2.61. The molecule has 0 heterocycles.